The maximum Gasteiger partial charge on any atom is 0.305 e. The number of hydrogen-bond donors (Lipinski definition) is 6. The van der Waals surface area contributed by atoms with E-state index in [4.69, 9.17) is 14.2 Å². The van der Waals surface area contributed by atoms with Crippen molar-refractivity contribution >= 4 is 11.9 Å². The first-order valence-corrected chi connectivity index (χ1v) is 30.1. The van der Waals surface area contributed by atoms with E-state index in [1.165, 1.54) is 173 Å². The Bertz CT molecular complexity index is 1230. The van der Waals surface area contributed by atoms with Gasteiger partial charge in [-0.25, -0.2) is 0 Å². The quantitative estimate of drug-likeness (QED) is 0.0195. The molecule has 71 heavy (non-hydrogen) atoms. The molecule has 11 nitrogen and oxygen atoms in total. The Morgan fingerprint density at radius 2 is 0.901 bits per heavy atom. The average Bonchev–Trinajstić information content (AvgIpc) is 3.37. The van der Waals surface area contributed by atoms with Crippen LogP contribution in [-0.2, 0) is 23.8 Å². The molecule has 418 valence electrons. The largest absolute Gasteiger partial charge is 0.466 e. The van der Waals surface area contributed by atoms with Crippen molar-refractivity contribution in [2.75, 3.05) is 19.8 Å². The molecular weight excluding hydrogens is 895 g/mol. The molecule has 6 N–H and O–H groups in total. The summed E-state index contributed by atoms with van der Waals surface area (Å²) in [7, 11) is 0. The van der Waals surface area contributed by atoms with Gasteiger partial charge in [0.1, 0.15) is 24.4 Å². The van der Waals surface area contributed by atoms with Gasteiger partial charge in [-0.15, -0.1) is 0 Å². The molecule has 0 spiro atoms. The Kier molecular flexibility index (Phi) is 47.6. The predicted octanol–water partition coefficient (Wildman–Crippen LogP) is 13.7. The first kappa shape index (κ1) is 67.2. The van der Waals surface area contributed by atoms with Gasteiger partial charge in [0.25, 0.3) is 0 Å². The Morgan fingerprint density at radius 1 is 0.507 bits per heavy atom. The van der Waals surface area contributed by atoms with E-state index >= 15 is 0 Å². The molecular formula is C60H113NO10. The van der Waals surface area contributed by atoms with Gasteiger partial charge in [0, 0.05) is 12.8 Å². The van der Waals surface area contributed by atoms with E-state index in [1.54, 1.807) is 6.08 Å². The van der Waals surface area contributed by atoms with Crippen molar-refractivity contribution in [2.45, 2.75) is 326 Å². The summed E-state index contributed by atoms with van der Waals surface area (Å²) in [6, 6.07) is -0.817. The summed E-state index contributed by atoms with van der Waals surface area (Å²) in [5.74, 6) is -0.210. The molecule has 0 aromatic heterocycles. The number of aliphatic hydroxyl groups is 5. The zero-order valence-electron chi connectivity index (χ0n) is 45.9. The first-order chi connectivity index (χ1) is 34.7. The van der Waals surface area contributed by atoms with Gasteiger partial charge in [0.15, 0.2) is 6.29 Å². The number of ether oxygens (including phenoxy) is 3. The molecule has 7 atom stereocenters. The van der Waals surface area contributed by atoms with Crippen molar-refractivity contribution < 1.29 is 49.3 Å². The summed E-state index contributed by atoms with van der Waals surface area (Å²) in [5, 5.41) is 54.2. The fraction of sp³-hybridized carbons (Fsp3) is 0.900. The monoisotopic (exact) mass is 1010 g/mol. The van der Waals surface area contributed by atoms with Gasteiger partial charge < -0.3 is 45.1 Å². The van der Waals surface area contributed by atoms with Gasteiger partial charge >= 0.3 is 5.97 Å². The molecule has 0 bridgehead atoms. The topological polar surface area (TPSA) is 175 Å². The highest BCUT2D eigenvalue weighted by molar-refractivity contribution is 5.76. The van der Waals surface area contributed by atoms with Crippen molar-refractivity contribution in [2.24, 2.45) is 0 Å². The minimum atomic E-state index is -1.57. The number of amides is 1. The minimum absolute atomic E-state index is 0.0148. The molecule has 1 heterocycles. The lowest BCUT2D eigenvalue weighted by molar-refractivity contribution is -0.302. The van der Waals surface area contributed by atoms with Crippen LogP contribution in [0.25, 0.3) is 0 Å². The molecule has 0 aromatic rings. The summed E-state index contributed by atoms with van der Waals surface area (Å²) < 4.78 is 16.7. The number of hydrogen-bond acceptors (Lipinski definition) is 10. The number of aliphatic hydroxyl groups excluding tert-OH is 5. The molecule has 0 aromatic carbocycles. The average molecular weight is 1010 g/mol. The second-order valence-corrected chi connectivity index (χ2v) is 21.1. The van der Waals surface area contributed by atoms with Crippen LogP contribution in [0.2, 0.25) is 0 Å². The lowest BCUT2D eigenvalue weighted by Crippen LogP contribution is -2.60. The summed E-state index contributed by atoms with van der Waals surface area (Å²) in [4.78, 5) is 25.1. The highest BCUT2D eigenvalue weighted by Crippen LogP contribution is 2.23. The molecule has 0 radical (unpaired) electrons. The summed E-state index contributed by atoms with van der Waals surface area (Å²) in [6.45, 7) is 4.30. The van der Waals surface area contributed by atoms with Crippen LogP contribution < -0.4 is 5.32 Å². The zero-order valence-corrected chi connectivity index (χ0v) is 45.9. The minimum Gasteiger partial charge on any atom is -0.466 e. The van der Waals surface area contributed by atoms with Gasteiger partial charge in [-0.3, -0.25) is 9.59 Å². The lowest BCUT2D eigenvalue weighted by atomic mass is 9.99. The highest BCUT2D eigenvalue weighted by atomic mass is 16.7. The van der Waals surface area contributed by atoms with Crippen LogP contribution in [0.3, 0.4) is 0 Å². The third kappa shape index (κ3) is 40.2. The molecule has 0 aliphatic carbocycles. The van der Waals surface area contributed by atoms with E-state index in [2.05, 4.69) is 31.3 Å². The van der Waals surface area contributed by atoms with Crippen LogP contribution in [0.15, 0.2) is 24.3 Å². The maximum absolute atomic E-state index is 13.0. The predicted molar refractivity (Wildman–Crippen MR) is 292 cm³/mol. The van der Waals surface area contributed by atoms with Crippen molar-refractivity contribution in [3.05, 3.63) is 24.3 Å². The van der Waals surface area contributed by atoms with Crippen LogP contribution in [0.4, 0.5) is 0 Å². The van der Waals surface area contributed by atoms with Crippen molar-refractivity contribution in [3.63, 3.8) is 0 Å². The Labute approximate surface area is 435 Å². The lowest BCUT2D eigenvalue weighted by Gasteiger charge is -2.40. The van der Waals surface area contributed by atoms with E-state index < -0.39 is 49.5 Å². The molecule has 1 aliphatic heterocycles. The molecule has 1 fully saturated rings. The molecule has 1 saturated heterocycles. The number of rotatable bonds is 52. The molecule has 1 rings (SSSR count). The van der Waals surface area contributed by atoms with Gasteiger partial charge in [-0.2, -0.15) is 0 Å². The Morgan fingerprint density at radius 3 is 1.35 bits per heavy atom. The number of allylic oxidation sites excluding steroid dienone is 3. The smallest absolute Gasteiger partial charge is 0.305 e. The molecule has 1 amide bonds. The van der Waals surface area contributed by atoms with E-state index in [0.29, 0.717) is 19.4 Å². The molecule has 1 aliphatic rings. The number of carbonyl (C=O) groups is 2. The number of unbranched alkanes of at least 4 members (excludes halogenated alkanes) is 36. The zero-order chi connectivity index (χ0) is 51.7. The Hall–Kier alpha value is -1.86. The van der Waals surface area contributed by atoms with Crippen LogP contribution in [0, 0.1) is 0 Å². The second-order valence-electron chi connectivity index (χ2n) is 21.1. The number of carbonyl (C=O) groups excluding carboxylic acids is 2. The normalized spacial score (nSPS) is 19.2. The van der Waals surface area contributed by atoms with Crippen LogP contribution in [-0.4, -0.2) is 100 Å². The van der Waals surface area contributed by atoms with E-state index in [9.17, 15) is 35.1 Å². The first-order valence-electron chi connectivity index (χ1n) is 30.1. The van der Waals surface area contributed by atoms with Crippen molar-refractivity contribution in [1.82, 2.24) is 5.32 Å². The molecule has 7 unspecified atom stereocenters. The molecule has 11 heteroatoms. The van der Waals surface area contributed by atoms with Crippen molar-refractivity contribution in [1.29, 1.82) is 0 Å². The summed E-state index contributed by atoms with van der Waals surface area (Å²) in [6.07, 6.45) is 50.0. The van der Waals surface area contributed by atoms with E-state index in [1.807, 2.05) is 6.08 Å². The van der Waals surface area contributed by atoms with Crippen LogP contribution in [0.5, 0.6) is 0 Å². The molecule has 0 saturated carbocycles. The van der Waals surface area contributed by atoms with Gasteiger partial charge in [-0.05, 0) is 57.8 Å². The van der Waals surface area contributed by atoms with E-state index in [-0.39, 0.29) is 18.5 Å². The summed E-state index contributed by atoms with van der Waals surface area (Å²) in [5.41, 5.74) is 0. The van der Waals surface area contributed by atoms with Crippen LogP contribution >= 0.6 is 0 Å². The fourth-order valence-electron chi connectivity index (χ4n) is 9.49. The third-order valence-electron chi connectivity index (χ3n) is 14.3. The maximum atomic E-state index is 13.0. The Balaban J connectivity index is 2.03. The highest BCUT2D eigenvalue weighted by Gasteiger charge is 2.44. The SMILES string of the molecule is CCCCCCCCC/C=C/C(O)C(COC1OC(CO)C(O)C(O)C1O)NC(=O)CCCCCCCCC/C=C\CCCCCCCCOC(=O)CCCCCCCCCCCCCCCCCCC. The third-order valence-corrected chi connectivity index (χ3v) is 14.3. The number of esters is 1. The fourth-order valence-corrected chi connectivity index (χ4v) is 9.49. The van der Waals surface area contributed by atoms with Crippen molar-refractivity contribution in [3.8, 4) is 0 Å². The second kappa shape index (κ2) is 50.3. The van der Waals surface area contributed by atoms with E-state index in [0.717, 1.165) is 83.5 Å². The number of nitrogens with one attached hydrogen (secondary N) is 1. The summed E-state index contributed by atoms with van der Waals surface area (Å²) >= 11 is 0. The van der Waals surface area contributed by atoms with Crippen LogP contribution in [0.1, 0.15) is 284 Å². The van der Waals surface area contributed by atoms with Gasteiger partial charge in [0.05, 0.1) is 32.0 Å². The van der Waals surface area contributed by atoms with Gasteiger partial charge in [-0.1, -0.05) is 237 Å². The standard InChI is InChI=1S/C60H113NO10/c1-3-5-7-9-11-13-14-15-16-18-22-25-28-32-36-40-44-48-56(65)69-49-45-41-37-33-29-26-23-20-17-19-21-24-27-31-35-39-43-47-55(64)61-52(53(63)46-42-38-34-30-12-10-8-6-4-2)51-70-60-59(68)58(67)57(66)54(50-62)71-60/h17,20,42,46,52-54,57-60,62-63,66-68H,3-16,18-19,21-41,43-45,47-51H2,1-2H3,(H,61,64)/b20-17-,46-42+. The van der Waals surface area contributed by atoms with Gasteiger partial charge in [0.2, 0.25) is 5.91 Å².